The van der Waals surface area contributed by atoms with E-state index in [0.29, 0.717) is 0 Å². The molecule has 1 aliphatic rings. The maximum absolute atomic E-state index is 4.90. The Hall–Kier alpha value is -0.700. The fourth-order valence-electron chi connectivity index (χ4n) is 0.599. The van der Waals surface area contributed by atoms with Crippen LogP contribution in [0.2, 0.25) is 0 Å². The summed E-state index contributed by atoms with van der Waals surface area (Å²) in [7, 11) is 1.63. The first kappa shape index (κ1) is 8.40. The molecular weight excluding hydrogens is 140 g/mol. The molecule has 0 bridgehead atoms. The van der Waals surface area contributed by atoms with Gasteiger partial charge in [0, 0.05) is 13.3 Å². The van der Waals surface area contributed by atoms with Gasteiger partial charge < -0.3 is 4.74 Å². The molecule has 0 aromatic rings. The Morgan fingerprint density at radius 1 is 1.55 bits per heavy atom. The highest BCUT2D eigenvalue weighted by molar-refractivity contribution is 5.75. The first-order chi connectivity index (χ1) is 5.33. The molecule has 1 atom stereocenters. The van der Waals surface area contributed by atoms with Crippen molar-refractivity contribution < 1.29 is 4.74 Å². The normalized spacial score (nSPS) is 21.6. The highest BCUT2D eigenvalue weighted by Gasteiger charge is 2.17. The van der Waals surface area contributed by atoms with Crippen molar-refractivity contribution >= 4 is 12.6 Å². The second-order valence-corrected chi connectivity index (χ2v) is 2.74. The number of hydrogen-bond acceptors (Lipinski definition) is 2. The standard InChI is InChI=1S/C8H14N2O/c1-7(11-2)10-6-9-5-8-3-4-8/h5-8H,3-4H2,1-2H3/b9-5+,10-6?. The van der Waals surface area contributed by atoms with Crippen LogP contribution in [0.15, 0.2) is 9.98 Å². The van der Waals surface area contributed by atoms with E-state index in [0.717, 1.165) is 5.92 Å². The molecule has 0 N–H and O–H groups in total. The van der Waals surface area contributed by atoms with Crippen LogP contribution in [0.3, 0.4) is 0 Å². The van der Waals surface area contributed by atoms with Crippen LogP contribution in [0.25, 0.3) is 0 Å². The molecule has 0 aromatic carbocycles. The number of rotatable bonds is 4. The van der Waals surface area contributed by atoms with Crippen molar-refractivity contribution in [3.63, 3.8) is 0 Å². The molecule has 0 aromatic heterocycles. The molecule has 0 aliphatic heterocycles. The van der Waals surface area contributed by atoms with Crippen LogP contribution in [0, 0.1) is 5.92 Å². The molecule has 11 heavy (non-hydrogen) atoms. The van der Waals surface area contributed by atoms with Crippen molar-refractivity contribution in [2.24, 2.45) is 15.9 Å². The van der Waals surface area contributed by atoms with E-state index in [1.165, 1.54) is 12.8 Å². The summed E-state index contributed by atoms with van der Waals surface area (Å²) in [6, 6.07) is 0. The molecule has 1 rings (SSSR count). The van der Waals surface area contributed by atoms with Crippen molar-refractivity contribution in [3.8, 4) is 0 Å². The lowest BCUT2D eigenvalue weighted by atomic mass is 10.5. The Morgan fingerprint density at radius 3 is 2.82 bits per heavy atom. The molecule has 1 unspecified atom stereocenters. The second-order valence-electron chi connectivity index (χ2n) is 2.74. The second kappa shape index (κ2) is 4.23. The topological polar surface area (TPSA) is 34.0 Å². The van der Waals surface area contributed by atoms with Crippen molar-refractivity contribution in [2.45, 2.75) is 26.0 Å². The van der Waals surface area contributed by atoms with Crippen LogP contribution in [0.1, 0.15) is 19.8 Å². The smallest absolute Gasteiger partial charge is 0.146 e. The lowest BCUT2D eigenvalue weighted by Gasteiger charge is -1.98. The number of aliphatic imine (C=N–C) groups is 2. The van der Waals surface area contributed by atoms with Gasteiger partial charge in [0.2, 0.25) is 0 Å². The van der Waals surface area contributed by atoms with E-state index in [4.69, 9.17) is 4.74 Å². The van der Waals surface area contributed by atoms with Crippen LogP contribution >= 0.6 is 0 Å². The van der Waals surface area contributed by atoms with Gasteiger partial charge in [-0.05, 0) is 25.7 Å². The molecule has 62 valence electrons. The fraction of sp³-hybridized carbons (Fsp3) is 0.750. The van der Waals surface area contributed by atoms with E-state index < -0.39 is 0 Å². The first-order valence-corrected chi connectivity index (χ1v) is 3.90. The summed E-state index contributed by atoms with van der Waals surface area (Å²) in [5.41, 5.74) is 0. The Kier molecular flexibility index (Phi) is 3.23. The molecule has 0 saturated heterocycles. The lowest BCUT2D eigenvalue weighted by Crippen LogP contribution is -1.99. The van der Waals surface area contributed by atoms with Crippen LogP contribution < -0.4 is 0 Å². The highest BCUT2D eigenvalue weighted by Crippen LogP contribution is 2.25. The maximum atomic E-state index is 4.90. The Labute approximate surface area is 67.2 Å². The Bertz CT molecular complexity index is 161. The van der Waals surface area contributed by atoms with Gasteiger partial charge in [0.05, 0.1) is 0 Å². The summed E-state index contributed by atoms with van der Waals surface area (Å²) in [4.78, 5) is 8.02. The van der Waals surface area contributed by atoms with Gasteiger partial charge in [-0.1, -0.05) is 0 Å². The SMILES string of the molecule is COC(C)N=C/N=C/C1CC1. The minimum Gasteiger partial charge on any atom is -0.360 e. The summed E-state index contributed by atoms with van der Waals surface area (Å²) in [5.74, 6) is 0.722. The average Bonchev–Trinajstić information content (AvgIpc) is 2.81. The molecule has 0 amide bonds. The molecule has 1 saturated carbocycles. The van der Waals surface area contributed by atoms with E-state index in [1.807, 2.05) is 13.1 Å². The van der Waals surface area contributed by atoms with Crippen molar-refractivity contribution in [3.05, 3.63) is 0 Å². The summed E-state index contributed by atoms with van der Waals surface area (Å²) in [6.45, 7) is 1.88. The fourth-order valence-corrected chi connectivity index (χ4v) is 0.599. The zero-order valence-corrected chi connectivity index (χ0v) is 7.03. The van der Waals surface area contributed by atoms with Gasteiger partial charge in [-0.15, -0.1) is 0 Å². The average molecular weight is 154 g/mol. The van der Waals surface area contributed by atoms with E-state index in [1.54, 1.807) is 13.4 Å². The van der Waals surface area contributed by atoms with E-state index in [2.05, 4.69) is 9.98 Å². The maximum Gasteiger partial charge on any atom is 0.146 e. The zero-order valence-electron chi connectivity index (χ0n) is 7.03. The van der Waals surface area contributed by atoms with Crippen molar-refractivity contribution in [1.82, 2.24) is 0 Å². The lowest BCUT2D eigenvalue weighted by molar-refractivity contribution is 0.126. The minimum absolute atomic E-state index is 0.0775. The van der Waals surface area contributed by atoms with Crippen molar-refractivity contribution in [2.75, 3.05) is 7.11 Å². The molecule has 3 nitrogen and oxygen atoms in total. The Morgan fingerprint density at radius 2 is 2.27 bits per heavy atom. The molecule has 1 aliphatic carbocycles. The number of methoxy groups -OCH3 is 1. The summed E-state index contributed by atoms with van der Waals surface area (Å²) in [5, 5.41) is 0. The number of ether oxygens (including phenoxy) is 1. The summed E-state index contributed by atoms with van der Waals surface area (Å²) in [6.07, 6.45) is 6.01. The van der Waals surface area contributed by atoms with E-state index in [-0.39, 0.29) is 6.23 Å². The van der Waals surface area contributed by atoms with Crippen LogP contribution in [0.5, 0.6) is 0 Å². The molecule has 1 fully saturated rings. The highest BCUT2D eigenvalue weighted by atomic mass is 16.5. The Balaban J connectivity index is 2.12. The molecular formula is C8H14N2O. The van der Waals surface area contributed by atoms with Crippen LogP contribution in [0.4, 0.5) is 0 Å². The van der Waals surface area contributed by atoms with Gasteiger partial charge in [-0.2, -0.15) is 0 Å². The van der Waals surface area contributed by atoms with Gasteiger partial charge in [0.25, 0.3) is 0 Å². The van der Waals surface area contributed by atoms with Crippen molar-refractivity contribution in [1.29, 1.82) is 0 Å². The van der Waals surface area contributed by atoms with Gasteiger partial charge in [-0.25, -0.2) is 9.98 Å². The molecule has 0 spiro atoms. The van der Waals surface area contributed by atoms with Gasteiger partial charge >= 0.3 is 0 Å². The molecule has 3 heteroatoms. The largest absolute Gasteiger partial charge is 0.360 e. The molecule has 0 radical (unpaired) electrons. The number of hydrogen-bond donors (Lipinski definition) is 0. The van der Waals surface area contributed by atoms with E-state index >= 15 is 0 Å². The van der Waals surface area contributed by atoms with Gasteiger partial charge in [-0.3, -0.25) is 0 Å². The van der Waals surface area contributed by atoms with Crippen LogP contribution in [-0.4, -0.2) is 25.9 Å². The summed E-state index contributed by atoms with van der Waals surface area (Å²) >= 11 is 0. The number of nitrogens with zero attached hydrogens (tertiary/aromatic N) is 2. The predicted molar refractivity (Wildman–Crippen MR) is 46.2 cm³/mol. The molecule has 0 heterocycles. The first-order valence-electron chi connectivity index (χ1n) is 3.90. The van der Waals surface area contributed by atoms with Gasteiger partial charge in [0.15, 0.2) is 0 Å². The predicted octanol–water partition coefficient (Wildman–Crippen LogP) is 1.49. The minimum atomic E-state index is -0.0775. The quantitative estimate of drug-likeness (QED) is 0.446. The third kappa shape index (κ3) is 3.88. The van der Waals surface area contributed by atoms with Crippen LogP contribution in [-0.2, 0) is 4.74 Å². The van der Waals surface area contributed by atoms with E-state index in [9.17, 15) is 0 Å². The third-order valence-electron chi connectivity index (χ3n) is 1.60. The van der Waals surface area contributed by atoms with Gasteiger partial charge in [0.1, 0.15) is 12.6 Å². The summed E-state index contributed by atoms with van der Waals surface area (Å²) < 4.78 is 4.90. The third-order valence-corrected chi connectivity index (χ3v) is 1.60. The monoisotopic (exact) mass is 154 g/mol. The zero-order chi connectivity index (χ0) is 8.10.